The van der Waals surface area contributed by atoms with Crippen molar-refractivity contribution in [3.05, 3.63) is 63.7 Å². The maximum absolute atomic E-state index is 15.1. The van der Waals surface area contributed by atoms with E-state index in [9.17, 15) is 9.18 Å². The Balaban J connectivity index is 2.10. The van der Waals surface area contributed by atoms with E-state index in [-0.39, 0.29) is 24.3 Å². The molecule has 7 nitrogen and oxygen atoms in total. The summed E-state index contributed by atoms with van der Waals surface area (Å²) in [6, 6.07) is 7.97. The lowest BCUT2D eigenvalue weighted by Crippen LogP contribution is -2.66. The summed E-state index contributed by atoms with van der Waals surface area (Å²) < 4.78 is 66.7. The van der Waals surface area contributed by atoms with Gasteiger partial charge >= 0.3 is 0 Å². The molecule has 246 valence electrons. The molecule has 0 aromatic heterocycles. The van der Waals surface area contributed by atoms with Gasteiger partial charge in [-0.1, -0.05) is 63.8 Å². The van der Waals surface area contributed by atoms with Crippen molar-refractivity contribution < 1.29 is 42.0 Å². The summed E-state index contributed by atoms with van der Waals surface area (Å²) in [6.07, 6.45) is 2.56. The van der Waals surface area contributed by atoms with E-state index in [1.54, 1.807) is 25.1 Å². The SMILES string of the molecule is CCCCO[C@H]1[C@H](OCCCC)[C@@H](C=O)O[C@@](OC)(c2ccc(Cl)c(Cc3ccc(OCC)c(F)c3F)c2)[C@@H]1OCCCC. The normalized spacial score (nSPS) is 23.5. The van der Waals surface area contributed by atoms with Gasteiger partial charge in [-0.25, -0.2) is 4.39 Å². The number of carbonyl (C=O) groups is 1. The van der Waals surface area contributed by atoms with Gasteiger partial charge in [-0.05, 0) is 55.5 Å². The van der Waals surface area contributed by atoms with Crippen molar-refractivity contribution in [2.45, 2.75) is 103 Å². The summed E-state index contributed by atoms with van der Waals surface area (Å²) in [5, 5.41) is 0.344. The zero-order valence-electron chi connectivity index (χ0n) is 26.5. The number of rotatable bonds is 19. The van der Waals surface area contributed by atoms with Crippen LogP contribution in [0.15, 0.2) is 30.3 Å². The van der Waals surface area contributed by atoms with Crippen molar-refractivity contribution in [2.24, 2.45) is 0 Å². The van der Waals surface area contributed by atoms with E-state index in [2.05, 4.69) is 20.8 Å². The van der Waals surface area contributed by atoms with Gasteiger partial charge in [0.25, 0.3) is 0 Å². The molecule has 0 saturated carbocycles. The van der Waals surface area contributed by atoms with E-state index in [0.717, 1.165) is 38.5 Å². The second kappa shape index (κ2) is 18.1. The molecule has 2 aromatic carbocycles. The van der Waals surface area contributed by atoms with Crippen LogP contribution in [0.2, 0.25) is 5.02 Å². The standard InChI is InChI=1S/C34H47ClF2O7/c1-6-10-17-41-31-28(22-38)44-34(39-5,33(43-19-12-8-3)32(31)42-18-11-7-2)25-14-15-26(35)24(21-25)20-23-13-16-27(40-9-4)30(37)29(23)36/h13-16,21-22,28,31-33H,6-12,17-20H2,1-5H3/t28-,31-,32+,33-,34+/m1/s1. The van der Waals surface area contributed by atoms with Gasteiger partial charge in [0.05, 0.1) is 6.61 Å². The van der Waals surface area contributed by atoms with Gasteiger partial charge in [0.15, 0.2) is 17.9 Å². The first-order valence-corrected chi connectivity index (χ1v) is 16.1. The highest BCUT2D eigenvalue weighted by Gasteiger charge is 2.58. The minimum Gasteiger partial charge on any atom is -0.491 e. The fraction of sp³-hybridized carbons (Fsp3) is 0.618. The van der Waals surface area contributed by atoms with Crippen molar-refractivity contribution in [1.29, 1.82) is 0 Å². The van der Waals surface area contributed by atoms with E-state index in [4.69, 9.17) is 40.0 Å². The minimum absolute atomic E-state index is 0.0146. The van der Waals surface area contributed by atoms with Crippen LogP contribution in [-0.4, -0.2) is 64.2 Å². The third kappa shape index (κ3) is 8.56. The topological polar surface area (TPSA) is 72.5 Å². The molecular weight excluding hydrogens is 594 g/mol. The number of halogens is 3. The molecule has 10 heteroatoms. The van der Waals surface area contributed by atoms with E-state index in [0.29, 0.717) is 42.3 Å². The highest BCUT2D eigenvalue weighted by molar-refractivity contribution is 6.31. The van der Waals surface area contributed by atoms with Gasteiger partial charge in [0.2, 0.25) is 11.6 Å². The number of ether oxygens (including phenoxy) is 6. The van der Waals surface area contributed by atoms with Gasteiger partial charge in [-0.3, -0.25) is 0 Å². The van der Waals surface area contributed by atoms with Crippen LogP contribution < -0.4 is 4.74 Å². The van der Waals surface area contributed by atoms with Gasteiger partial charge in [-0.15, -0.1) is 0 Å². The minimum atomic E-state index is -1.59. The predicted octanol–water partition coefficient (Wildman–Crippen LogP) is 7.56. The molecule has 0 unspecified atom stereocenters. The van der Waals surface area contributed by atoms with Crippen molar-refractivity contribution >= 4 is 17.9 Å². The van der Waals surface area contributed by atoms with Gasteiger partial charge in [0, 0.05) is 43.9 Å². The van der Waals surface area contributed by atoms with E-state index < -0.39 is 41.8 Å². The summed E-state index contributed by atoms with van der Waals surface area (Å²) in [4.78, 5) is 12.5. The third-order valence-electron chi connectivity index (χ3n) is 7.74. The van der Waals surface area contributed by atoms with Gasteiger partial charge < -0.3 is 33.2 Å². The summed E-state index contributed by atoms with van der Waals surface area (Å²) in [5.41, 5.74) is 1.11. The molecule has 1 fully saturated rings. The molecule has 0 aliphatic carbocycles. The fourth-order valence-corrected chi connectivity index (χ4v) is 5.48. The maximum atomic E-state index is 15.1. The Morgan fingerprint density at radius 3 is 2.09 bits per heavy atom. The molecule has 3 rings (SSSR count). The zero-order chi connectivity index (χ0) is 32.1. The molecular formula is C34H47ClF2O7. The average molecular weight is 641 g/mol. The number of carbonyl (C=O) groups excluding carboxylic acids is 1. The molecule has 44 heavy (non-hydrogen) atoms. The lowest BCUT2D eigenvalue weighted by Gasteiger charge is -2.51. The van der Waals surface area contributed by atoms with Crippen LogP contribution in [0.5, 0.6) is 5.75 Å². The Kier molecular flexibility index (Phi) is 15.0. The molecule has 1 saturated heterocycles. The number of benzene rings is 2. The van der Waals surface area contributed by atoms with Crippen LogP contribution in [-0.2, 0) is 40.7 Å². The van der Waals surface area contributed by atoms with Crippen LogP contribution in [0.1, 0.15) is 82.9 Å². The van der Waals surface area contributed by atoms with Crippen LogP contribution in [0.4, 0.5) is 8.78 Å². The largest absolute Gasteiger partial charge is 0.491 e. The van der Waals surface area contributed by atoms with Gasteiger partial charge in [-0.2, -0.15) is 4.39 Å². The number of unbranched alkanes of at least 4 members (excludes halogenated alkanes) is 3. The molecule has 0 spiro atoms. The summed E-state index contributed by atoms with van der Waals surface area (Å²) >= 11 is 6.59. The Bertz CT molecular complexity index is 1180. The van der Waals surface area contributed by atoms with E-state index in [1.807, 2.05) is 0 Å². The van der Waals surface area contributed by atoms with Crippen molar-refractivity contribution in [2.75, 3.05) is 33.5 Å². The fourth-order valence-electron chi connectivity index (χ4n) is 5.30. The molecule has 1 aliphatic rings. The maximum Gasteiger partial charge on any atom is 0.225 e. The Morgan fingerprint density at radius 1 is 0.864 bits per heavy atom. The van der Waals surface area contributed by atoms with E-state index >= 15 is 4.39 Å². The second-order valence-corrected chi connectivity index (χ2v) is 11.3. The number of hydrogen-bond acceptors (Lipinski definition) is 7. The van der Waals surface area contributed by atoms with Crippen LogP contribution in [0.3, 0.4) is 0 Å². The summed E-state index contributed by atoms with van der Waals surface area (Å²) in [5.74, 6) is -3.81. The first kappa shape index (κ1) is 36.3. The summed E-state index contributed by atoms with van der Waals surface area (Å²) in [7, 11) is 1.48. The number of hydrogen-bond donors (Lipinski definition) is 0. The molecule has 2 aromatic rings. The Labute approximate surface area is 265 Å². The molecule has 0 bridgehead atoms. The third-order valence-corrected chi connectivity index (χ3v) is 8.11. The molecule has 0 N–H and O–H groups in total. The molecule has 0 radical (unpaired) electrons. The molecule has 5 atom stereocenters. The van der Waals surface area contributed by atoms with E-state index in [1.165, 1.54) is 19.2 Å². The van der Waals surface area contributed by atoms with Crippen LogP contribution >= 0.6 is 11.6 Å². The first-order valence-electron chi connectivity index (χ1n) is 15.7. The first-order chi connectivity index (χ1) is 21.3. The van der Waals surface area contributed by atoms with Crippen molar-refractivity contribution in [1.82, 2.24) is 0 Å². The zero-order valence-corrected chi connectivity index (χ0v) is 27.3. The summed E-state index contributed by atoms with van der Waals surface area (Å²) in [6.45, 7) is 9.36. The predicted molar refractivity (Wildman–Crippen MR) is 165 cm³/mol. The van der Waals surface area contributed by atoms with Crippen molar-refractivity contribution in [3.8, 4) is 5.75 Å². The van der Waals surface area contributed by atoms with Crippen LogP contribution in [0.25, 0.3) is 0 Å². The lowest BCUT2D eigenvalue weighted by molar-refractivity contribution is -0.370. The Morgan fingerprint density at radius 2 is 1.50 bits per heavy atom. The number of methoxy groups -OCH3 is 1. The second-order valence-electron chi connectivity index (χ2n) is 10.9. The smallest absolute Gasteiger partial charge is 0.225 e. The average Bonchev–Trinajstić information content (AvgIpc) is 3.03. The monoisotopic (exact) mass is 640 g/mol. The lowest BCUT2D eigenvalue weighted by atomic mass is 9.86. The molecule has 1 heterocycles. The Hall–Kier alpha value is -2.14. The highest BCUT2D eigenvalue weighted by atomic mass is 35.5. The molecule has 0 amide bonds. The highest BCUT2D eigenvalue weighted by Crippen LogP contribution is 2.44. The van der Waals surface area contributed by atoms with Gasteiger partial charge in [0.1, 0.15) is 24.4 Å². The quantitative estimate of drug-likeness (QED) is 0.116. The molecule has 1 aliphatic heterocycles. The number of aldehydes is 1. The van der Waals surface area contributed by atoms with Crippen molar-refractivity contribution in [3.63, 3.8) is 0 Å². The van der Waals surface area contributed by atoms with Crippen LogP contribution in [0, 0.1) is 11.6 Å².